The molecule has 4 aromatic rings. The number of ketones is 1. The minimum Gasteiger partial charge on any atom is -0.339 e. The van der Waals surface area contributed by atoms with Gasteiger partial charge in [-0.1, -0.05) is 53.7 Å². The van der Waals surface area contributed by atoms with Gasteiger partial charge in [0.1, 0.15) is 0 Å². The zero-order valence-electron chi connectivity index (χ0n) is 16.7. The number of rotatable bonds is 8. The van der Waals surface area contributed by atoms with E-state index in [-0.39, 0.29) is 24.5 Å². The Morgan fingerprint density at radius 1 is 0.871 bits per heavy atom. The molecular weight excluding hydrogens is 392 g/mol. The highest BCUT2D eigenvalue weighted by Crippen LogP contribution is 2.21. The lowest BCUT2D eigenvalue weighted by Gasteiger charge is -2.09. The SMILES string of the molecule is O=C(CCC(=O)c1ccccc1)Nc1ccccc1Cc1nc(-c2ccncc2)no1. The molecule has 0 unspecified atom stereocenters. The molecule has 7 nitrogen and oxygen atoms in total. The standard InChI is InChI=1S/C24H20N4O3/c29-21(17-6-2-1-3-7-17)10-11-22(30)26-20-9-5-4-8-19(20)16-23-27-24(28-31-23)18-12-14-25-15-13-18/h1-9,12-15H,10-11,16H2,(H,26,30). The van der Waals surface area contributed by atoms with Crippen LogP contribution in [0.1, 0.15) is 34.7 Å². The summed E-state index contributed by atoms with van der Waals surface area (Å²) in [6, 6.07) is 20.0. The zero-order chi connectivity index (χ0) is 21.5. The van der Waals surface area contributed by atoms with Crippen molar-refractivity contribution in [2.45, 2.75) is 19.3 Å². The average molecular weight is 412 g/mol. The Balaban J connectivity index is 1.39. The van der Waals surface area contributed by atoms with Gasteiger partial charge in [0.2, 0.25) is 17.6 Å². The number of hydrogen-bond donors (Lipinski definition) is 1. The molecule has 154 valence electrons. The van der Waals surface area contributed by atoms with Crippen molar-refractivity contribution in [1.82, 2.24) is 15.1 Å². The van der Waals surface area contributed by atoms with Crippen LogP contribution in [0.25, 0.3) is 11.4 Å². The number of Topliss-reactive ketones (excluding diaryl/α,β-unsaturated/α-hetero) is 1. The van der Waals surface area contributed by atoms with E-state index < -0.39 is 0 Å². The van der Waals surface area contributed by atoms with Gasteiger partial charge in [-0.3, -0.25) is 14.6 Å². The smallest absolute Gasteiger partial charge is 0.231 e. The van der Waals surface area contributed by atoms with Crippen molar-refractivity contribution in [3.8, 4) is 11.4 Å². The lowest BCUT2D eigenvalue weighted by atomic mass is 10.1. The Bertz CT molecular complexity index is 1170. The number of carbonyl (C=O) groups excluding carboxylic acids is 2. The second kappa shape index (κ2) is 9.58. The summed E-state index contributed by atoms with van der Waals surface area (Å²) in [4.78, 5) is 33.0. The number of nitrogens with one attached hydrogen (secondary N) is 1. The molecule has 0 aliphatic carbocycles. The first kappa shape index (κ1) is 20.2. The zero-order valence-corrected chi connectivity index (χ0v) is 16.7. The molecule has 0 atom stereocenters. The molecule has 2 aromatic carbocycles. The van der Waals surface area contributed by atoms with E-state index in [0.717, 1.165) is 11.1 Å². The second-order valence-electron chi connectivity index (χ2n) is 6.92. The predicted octanol–water partition coefficient (Wildman–Crippen LogP) is 4.32. The van der Waals surface area contributed by atoms with Gasteiger partial charge < -0.3 is 9.84 Å². The molecule has 7 heteroatoms. The Morgan fingerprint density at radius 2 is 1.61 bits per heavy atom. The van der Waals surface area contributed by atoms with E-state index in [1.807, 2.05) is 30.3 Å². The lowest BCUT2D eigenvalue weighted by Crippen LogP contribution is -2.14. The molecule has 1 amide bonds. The first-order chi connectivity index (χ1) is 15.2. The fourth-order valence-electron chi connectivity index (χ4n) is 3.11. The van der Waals surface area contributed by atoms with Crippen LogP contribution >= 0.6 is 0 Å². The monoisotopic (exact) mass is 412 g/mol. The number of amides is 1. The molecule has 31 heavy (non-hydrogen) atoms. The number of aromatic nitrogens is 3. The van der Waals surface area contributed by atoms with Crippen LogP contribution in [0, 0.1) is 0 Å². The fraction of sp³-hybridized carbons (Fsp3) is 0.125. The van der Waals surface area contributed by atoms with Crippen LogP contribution in [-0.2, 0) is 11.2 Å². The Morgan fingerprint density at radius 3 is 2.42 bits per heavy atom. The first-order valence-electron chi connectivity index (χ1n) is 9.88. The van der Waals surface area contributed by atoms with E-state index in [9.17, 15) is 9.59 Å². The van der Waals surface area contributed by atoms with Crippen molar-refractivity contribution >= 4 is 17.4 Å². The van der Waals surface area contributed by atoms with Gasteiger partial charge >= 0.3 is 0 Å². The molecule has 2 aromatic heterocycles. The minimum absolute atomic E-state index is 0.0569. The average Bonchev–Trinajstić information content (AvgIpc) is 3.28. The van der Waals surface area contributed by atoms with Crippen molar-refractivity contribution in [2.75, 3.05) is 5.32 Å². The number of carbonyl (C=O) groups is 2. The van der Waals surface area contributed by atoms with Crippen molar-refractivity contribution in [3.05, 3.63) is 96.1 Å². The molecule has 4 rings (SSSR count). The van der Waals surface area contributed by atoms with E-state index in [4.69, 9.17) is 4.52 Å². The number of para-hydroxylation sites is 1. The van der Waals surface area contributed by atoms with E-state index >= 15 is 0 Å². The summed E-state index contributed by atoms with van der Waals surface area (Å²) in [5.74, 6) is 0.643. The summed E-state index contributed by atoms with van der Waals surface area (Å²) in [6.07, 6.45) is 3.96. The largest absolute Gasteiger partial charge is 0.339 e. The van der Waals surface area contributed by atoms with Crippen molar-refractivity contribution < 1.29 is 14.1 Å². The van der Waals surface area contributed by atoms with Crippen LogP contribution in [0.2, 0.25) is 0 Å². The third-order valence-corrected chi connectivity index (χ3v) is 4.71. The molecule has 0 aliphatic rings. The number of pyridine rings is 1. The lowest BCUT2D eigenvalue weighted by molar-refractivity contribution is -0.116. The highest BCUT2D eigenvalue weighted by atomic mass is 16.5. The fourth-order valence-corrected chi connectivity index (χ4v) is 3.11. The second-order valence-corrected chi connectivity index (χ2v) is 6.92. The van der Waals surface area contributed by atoms with Crippen LogP contribution in [0.15, 0.2) is 83.6 Å². The number of nitrogens with zero attached hydrogens (tertiary/aromatic N) is 3. The maximum atomic E-state index is 12.4. The summed E-state index contributed by atoms with van der Waals surface area (Å²) < 4.78 is 5.37. The summed E-state index contributed by atoms with van der Waals surface area (Å²) >= 11 is 0. The Hall–Kier alpha value is -4.13. The maximum Gasteiger partial charge on any atom is 0.231 e. The molecule has 0 aliphatic heterocycles. The van der Waals surface area contributed by atoms with Crippen LogP contribution < -0.4 is 5.32 Å². The summed E-state index contributed by atoms with van der Waals surface area (Å²) in [5.41, 5.74) is 2.92. The van der Waals surface area contributed by atoms with Gasteiger partial charge in [0.25, 0.3) is 0 Å². The van der Waals surface area contributed by atoms with Gasteiger partial charge in [-0.15, -0.1) is 0 Å². The van der Waals surface area contributed by atoms with Gasteiger partial charge in [-0.05, 0) is 23.8 Å². The Kier molecular flexibility index (Phi) is 6.23. The topological polar surface area (TPSA) is 98.0 Å². The quantitative estimate of drug-likeness (QED) is 0.433. The van der Waals surface area contributed by atoms with Crippen LogP contribution in [0.3, 0.4) is 0 Å². The number of hydrogen-bond acceptors (Lipinski definition) is 6. The van der Waals surface area contributed by atoms with E-state index in [0.29, 0.717) is 29.4 Å². The van der Waals surface area contributed by atoms with E-state index in [2.05, 4.69) is 20.4 Å². The van der Waals surface area contributed by atoms with Gasteiger partial charge in [0.05, 0.1) is 6.42 Å². The van der Waals surface area contributed by atoms with Crippen molar-refractivity contribution in [2.24, 2.45) is 0 Å². The van der Waals surface area contributed by atoms with Gasteiger partial charge in [0, 0.05) is 42.0 Å². The third kappa shape index (κ3) is 5.27. The molecule has 0 bridgehead atoms. The maximum absolute atomic E-state index is 12.4. The van der Waals surface area contributed by atoms with Gasteiger partial charge in [0.15, 0.2) is 5.78 Å². The van der Waals surface area contributed by atoms with Crippen LogP contribution in [0.4, 0.5) is 5.69 Å². The van der Waals surface area contributed by atoms with Gasteiger partial charge in [-0.25, -0.2) is 0 Å². The number of benzene rings is 2. The number of anilines is 1. The van der Waals surface area contributed by atoms with Crippen molar-refractivity contribution in [1.29, 1.82) is 0 Å². The molecule has 1 N–H and O–H groups in total. The normalized spacial score (nSPS) is 10.6. The highest BCUT2D eigenvalue weighted by Gasteiger charge is 2.14. The minimum atomic E-state index is -0.222. The highest BCUT2D eigenvalue weighted by molar-refractivity contribution is 6.00. The Labute approximate surface area is 179 Å². The van der Waals surface area contributed by atoms with Crippen LogP contribution in [-0.4, -0.2) is 26.8 Å². The molecule has 0 radical (unpaired) electrons. The third-order valence-electron chi connectivity index (χ3n) is 4.71. The van der Waals surface area contributed by atoms with Gasteiger partial charge in [-0.2, -0.15) is 4.98 Å². The molecule has 0 spiro atoms. The molecule has 0 saturated carbocycles. The van der Waals surface area contributed by atoms with Crippen LogP contribution in [0.5, 0.6) is 0 Å². The molecule has 0 saturated heterocycles. The summed E-state index contributed by atoms with van der Waals surface area (Å²) in [6.45, 7) is 0. The predicted molar refractivity (Wildman–Crippen MR) is 115 cm³/mol. The van der Waals surface area contributed by atoms with E-state index in [1.165, 1.54) is 0 Å². The summed E-state index contributed by atoms with van der Waals surface area (Å²) in [7, 11) is 0. The molecule has 0 fully saturated rings. The summed E-state index contributed by atoms with van der Waals surface area (Å²) in [5, 5.41) is 6.90. The molecular formula is C24H20N4O3. The van der Waals surface area contributed by atoms with Crippen molar-refractivity contribution in [3.63, 3.8) is 0 Å². The molecule has 2 heterocycles. The first-order valence-corrected chi connectivity index (χ1v) is 9.88. The van der Waals surface area contributed by atoms with E-state index in [1.54, 1.807) is 48.8 Å².